The lowest BCUT2D eigenvalue weighted by Crippen LogP contribution is -2.07. The van der Waals surface area contributed by atoms with Gasteiger partial charge >= 0.3 is 0 Å². The number of rotatable bonds is 3. The molecule has 2 aromatic heterocycles. The van der Waals surface area contributed by atoms with E-state index in [4.69, 9.17) is 4.74 Å². The Balaban J connectivity index is 2.20. The second-order valence-electron chi connectivity index (χ2n) is 4.94. The highest BCUT2D eigenvalue weighted by Crippen LogP contribution is 2.29. The molecule has 0 saturated heterocycles. The summed E-state index contributed by atoms with van der Waals surface area (Å²) in [4.78, 5) is 8.71. The van der Waals surface area contributed by atoms with E-state index < -0.39 is 0 Å². The Morgan fingerprint density at radius 3 is 2.50 bits per heavy atom. The SMILES string of the molecule is CC(C)Oc1nc(-c2ccncc2)cc2ccccc12. The summed E-state index contributed by atoms with van der Waals surface area (Å²) in [7, 11) is 0. The van der Waals surface area contributed by atoms with Crippen molar-refractivity contribution < 1.29 is 4.74 Å². The molecule has 0 saturated carbocycles. The van der Waals surface area contributed by atoms with Gasteiger partial charge in [-0.1, -0.05) is 18.2 Å². The second-order valence-corrected chi connectivity index (χ2v) is 4.94. The van der Waals surface area contributed by atoms with E-state index in [0.717, 1.165) is 22.0 Å². The van der Waals surface area contributed by atoms with E-state index in [0.29, 0.717) is 5.88 Å². The Bertz CT molecular complexity index is 723. The Morgan fingerprint density at radius 1 is 1.00 bits per heavy atom. The topological polar surface area (TPSA) is 35.0 Å². The predicted molar refractivity (Wildman–Crippen MR) is 80.7 cm³/mol. The van der Waals surface area contributed by atoms with Crippen LogP contribution in [0.4, 0.5) is 0 Å². The lowest BCUT2D eigenvalue weighted by molar-refractivity contribution is 0.236. The zero-order chi connectivity index (χ0) is 13.9. The fourth-order valence-electron chi connectivity index (χ4n) is 2.15. The van der Waals surface area contributed by atoms with Crippen LogP contribution in [0.3, 0.4) is 0 Å². The summed E-state index contributed by atoms with van der Waals surface area (Å²) < 4.78 is 5.86. The van der Waals surface area contributed by atoms with Gasteiger partial charge < -0.3 is 4.74 Å². The Kier molecular flexibility index (Phi) is 3.33. The van der Waals surface area contributed by atoms with Gasteiger partial charge in [-0.3, -0.25) is 4.98 Å². The largest absolute Gasteiger partial charge is 0.474 e. The number of nitrogens with zero attached hydrogens (tertiary/aromatic N) is 2. The third-order valence-corrected chi connectivity index (χ3v) is 3.03. The standard InChI is InChI=1S/C17H16N2O/c1-12(2)20-17-15-6-4-3-5-14(15)11-16(19-17)13-7-9-18-10-8-13/h3-12H,1-2H3. The number of fused-ring (bicyclic) bond motifs is 1. The van der Waals surface area contributed by atoms with Crippen LogP contribution in [-0.2, 0) is 0 Å². The maximum Gasteiger partial charge on any atom is 0.222 e. The normalized spacial score (nSPS) is 10.9. The number of benzene rings is 1. The van der Waals surface area contributed by atoms with Crippen LogP contribution in [0.5, 0.6) is 5.88 Å². The van der Waals surface area contributed by atoms with E-state index in [1.165, 1.54) is 0 Å². The van der Waals surface area contributed by atoms with E-state index in [1.807, 2.05) is 44.2 Å². The molecule has 3 aromatic rings. The average Bonchev–Trinajstić information content (AvgIpc) is 2.47. The quantitative estimate of drug-likeness (QED) is 0.714. The van der Waals surface area contributed by atoms with Crippen molar-refractivity contribution in [2.75, 3.05) is 0 Å². The smallest absolute Gasteiger partial charge is 0.222 e. The lowest BCUT2D eigenvalue weighted by Gasteiger charge is -2.13. The summed E-state index contributed by atoms with van der Waals surface area (Å²) in [6.45, 7) is 4.02. The van der Waals surface area contributed by atoms with Gasteiger partial charge in [0.2, 0.25) is 5.88 Å². The molecule has 0 radical (unpaired) electrons. The molecule has 0 spiro atoms. The molecule has 0 aliphatic heterocycles. The molecule has 0 amide bonds. The second kappa shape index (κ2) is 5.29. The predicted octanol–water partition coefficient (Wildman–Crippen LogP) is 4.08. The highest BCUT2D eigenvalue weighted by atomic mass is 16.5. The van der Waals surface area contributed by atoms with E-state index in [-0.39, 0.29) is 6.10 Å². The Morgan fingerprint density at radius 2 is 1.75 bits per heavy atom. The van der Waals surface area contributed by atoms with Crippen LogP contribution in [0.1, 0.15) is 13.8 Å². The summed E-state index contributed by atoms with van der Waals surface area (Å²) in [5, 5.41) is 2.17. The molecule has 3 heteroatoms. The van der Waals surface area contributed by atoms with Crippen molar-refractivity contribution in [1.82, 2.24) is 9.97 Å². The van der Waals surface area contributed by atoms with Crippen LogP contribution < -0.4 is 4.74 Å². The number of ether oxygens (including phenoxy) is 1. The summed E-state index contributed by atoms with van der Waals surface area (Å²) >= 11 is 0. The van der Waals surface area contributed by atoms with Crippen LogP contribution in [0.25, 0.3) is 22.0 Å². The van der Waals surface area contributed by atoms with Crippen LogP contribution in [0, 0.1) is 0 Å². The molecule has 3 rings (SSSR count). The maximum absolute atomic E-state index is 5.86. The van der Waals surface area contributed by atoms with Gasteiger partial charge in [0.05, 0.1) is 11.8 Å². The monoisotopic (exact) mass is 264 g/mol. The van der Waals surface area contributed by atoms with Gasteiger partial charge in [0.1, 0.15) is 0 Å². The molecule has 0 aliphatic rings. The fourth-order valence-corrected chi connectivity index (χ4v) is 2.15. The van der Waals surface area contributed by atoms with Crippen molar-refractivity contribution in [3.8, 4) is 17.1 Å². The first-order valence-corrected chi connectivity index (χ1v) is 6.71. The van der Waals surface area contributed by atoms with Crippen molar-refractivity contribution in [3.63, 3.8) is 0 Å². The van der Waals surface area contributed by atoms with Gasteiger partial charge in [0, 0.05) is 23.3 Å². The average molecular weight is 264 g/mol. The molecular weight excluding hydrogens is 248 g/mol. The molecule has 0 atom stereocenters. The van der Waals surface area contributed by atoms with Gasteiger partial charge in [-0.05, 0) is 43.5 Å². The molecule has 100 valence electrons. The first-order valence-electron chi connectivity index (χ1n) is 6.71. The number of hydrogen-bond acceptors (Lipinski definition) is 3. The van der Waals surface area contributed by atoms with Crippen LogP contribution >= 0.6 is 0 Å². The number of pyridine rings is 2. The highest BCUT2D eigenvalue weighted by molar-refractivity contribution is 5.89. The Hall–Kier alpha value is -2.42. The van der Waals surface area contributed by atoms with Crippen molar-refractivity contribution in [2.24, 2.45) is 0 Å². The zero-order valence-corrected chi connectivity index (χ0v) is 11.6. The van der Waals surface area contributed by atoms with Gasteiger partial charge in [0.25, 0.3) is 0 Å². The number of hydrogen-bond donors (Lipinski definition) is 0. The van der Waals surface area contributed by atoms with Crippen molar-refractivity contribution in [3.05, 3.63) is 54.9 Å². The minimum Gasteiger partial charge on any atom is -0.474 e. The third kappa shape index (κ3) is 2.48. The van der Waals surface area contributed by atoms with Crippen molar-refractivity contribution in [1.29, 1.82) is 0 Å². The van der Waals surface area contributed by atoms with E-state index in [9.17, 15) is 0 Å². The zero-order valence-electron chi connectivity index (χ0n) is 11.6. The Labute approximate surface area is 118 Å². The number of aromatic nitrogens is 2. The first kappa shape index (κ1) is 12.6. The molecule has 0 N–H and O–H groups in total. The van der Waals surface area contributed by atoms with Crippen molar-refractivity contribution in [2.45, 2.75) is 20.0 Å². The minimum atomic E-state index is 0.0959. The first-order chi connectivity index (χ1) is 9.74. The van der Waals surface area contributed by atoms with Crippen LogP contribution in [-0.4, -0.2) is 16.1 Å². The molecule has 0 unspecified atom stereocenters. The van der Waals surface area contributed by atoms with Gasteiger partial charge in [-0.15, -0.1) is 0 Å². The summed E-state index contributed by atoms with van der Waals surface area (Å²) in [5.41, 5.74) is 1.95. The summed E-state index contributed by atoms with van der Waals surface area (Å²) in [5.74, 6) is 0.685. The van der Waals surface area contributed by atoms with Gasteiger partial charge in [-0.2, -0.15) is 0 Å². The summed E-state index contributed by atoms with van der Waals surface area (Å²) in [6.07, 6.45) is 3.64. The summed E-state index contributed by atoms with van der Waals surface area (Å²) in [6, 6.07) is 14.1. The molecule has 20 heavy (non-hydrogen) atoms. The molecule has 0 aliphatic carbocycles. The van der Waals surface area contributed by atoms with E-state index in [2.05, 4.69) is 22.1 Å². The van der Waals surface area contributed by atoms with Crippen LogP contribution in [0.2, 0.25) is 0 Å². The van der Waals surface area contributed by atoms with E-state index in [1.54, 1.807) is 12.4 Å². The fraction of sp³-hybridized carbons (Fsp3) is 0.176. The molecule has 0 bridgehead atoms. The molecule has 1 aromatic carbocycles. The lowest BCUT2D eigenvalue weighted by atomic mass is 10.1. The molecule has 3 nitrogen and oxygen atoms in total. The van der Waals surface area contributed by atoms with Crippen LogP contribution in [0.15, 0.2) is 54.9 Å². The minimum absolute atomic E-state index is 0.0959. The van der Waals surface area contributed by atoms with Gasteiger partial charge in [0.15, 0.2) is 0 Å². The molecule has 2 heterocycles. The van der Waals surface area contributed by atoms with Crippen molar-refractivity contribution >= 4 is 10.8 Å². The highest BCUT2D eigenvalue weighted by Gasteiger charge is 2.09. The molecular formula is C17H16N2O. The third-order valence-electron chi connectivity index (χ3n) is 3.03. The molecule has 0 fully saturated rings. The van der Waals surface area contributed by atoms with Gasteiger partial charge in [-0.25, -0.2) is 4.98 Å². The van der Waals surface area contributed by atoms with E-state index >= 15 is 0 Å². The maximum atomic E-state index is 5.86.